The second kappa shape index (κ2) is 5.29. The van der Waals surface area contributed by atoms with Gasteiger partial charge in [0, 0.05) is 36.4 Å². The van der Waals surface area contributed by atoms with Crippen LogP contribution in [0.4, 0.5) is 11.4 Å². The molecule has 3 rings (SSSR count). The molecule has 1 saturated heterocycles. The first-order chi connectivity index (χ1) is 10.1. The SMILES string of the molecule is CC1CN(c2ccc([N+](=O)[O-])c3ncccc23)CCC1O. The number of non-ortho nitro benzene ring substituents is 1. The highest BCUT2D eigenvalue weighted by molar-refractivity contribution is 5.97. The van der Waals surface area contributed by atoms with Gasteiger partial charge in [0.15, 0.2) is 0 Å². The van der Waals surface area contributed by atoms with E-state index in [-0.39, 0.29) is 17.7 Å². The van der Waals surface area contributed by atoms with E-state index in [4.69, 9.17) is 0 Å². The van der Waals surface area contributed by atoms with Crippen molar-refractivity contribution in [2.24, 2.45) is 5.92 Å². The molecule has 2 aromatic rings. The minimum absolute atomic E-state index is 0.0273. The number of nitro benzene ring substituents is 1. The van der Waals surface area contributed by atoms with E-state index in [2.05, 4.69) is 9.88 Å². The summed E-state index contributed by atoms with van der Waals surface area (Å²) in [6.07, 6.45) is 2.01. The smallest absolute Gasteiger partial charge is 0.295 e. The van der Waals surface area contributed by atoms with E-state index in [1.54, 1.807) is 18.3 Å². The number of aliphatic hydroxyl groups excluding tert-OH is 1. The zero-order valence-electron chi connectivity index (χ0n) is 11.8. The van der Waals surface area contributed by atoms with E-state index in [9.17, 15) is 15.2 Å². The molecule has 2 heterocycles. The van der Waals surface area contributed by atoms with Gasteiger partial charge in [0.1, 0.15) is 5.52 Å². The number of benzene rings is 1. The van der Waals surface area contributed by atoms with E-state index in [1.165, 1.54) is 6.07 Å². The lowest BCUT2D eigenvalue weighted by atomic mass is 9.95. The molecule has 2 unspecified atom stereocenters. The van der Waals surface area contributed by atoms with Crippen molar-refractivity contribution in [2.45, 2.75) is 19.4 Å². The van der Waals surface area contributed by atoms with E-state index in [1.807, 2.05) is 13.0 Å². The van der Waals surface area contributed by atoms with Gasteiger partial charge >= 0.3 is 0 Å². The molecule has 0 amide bonds. The molecule has 6 nitrogen and oxygen atoms in total. The van der Waals surface area contributed by atoms with Gasteiger partial charge in [-0.15, -0.1) is 0 Å². The highest BCUT2D eigenvalue weighted by atomic mass is 16.6. The summed E-state index contributed by atoms with van der Waals surface area (Å²) >= 11 is 0. The quantitative estimate of drug-likeness (QED) is 0.677. The van der Waals surface area contributed by atoms with Gasteiger partial charge in [-0.3, -0.25) is 10.1 Å². The van der Waals surface area contributed by atoms with Gasteiger partial charge in [-0.05, 0) is 30.5 Å². The maximum atomic E-state index is 11.1. The summed E-state index contributed by atoms with van der Waals surface area (Å²) in [5.41, 5.74) is 1.39. The van der Waals surface area contributed by atoms with Crippen molar-refractivity contribution in [2.75, 3.05) is 18.0 Å². The molecule has 6 heteroatoms. The van der Waals surface area contributed by atoms with Crippen LogP contribution in [0.2, 0.25) is 0 Å². The second-order valence-electron chi connectivity index (χ2n) is 5.54. The summed E-state index contributed by atoms with van der Waals surface area (Å²) < 4.78 is 0. The molecule has 0 saturated carbocycles. The van der Waals surface area contributed by atoms with Crippen molar-refractivity contribution in [3.05, 3.63) is 40.6 Å². The van der Waals surface area contributed by atoms with Crippen LogP contribution in [0.15, 0.2) is 30.5 Å². The van der Waals surface area contributed by atoms with Crippen LogP contribution < -0.4 is 4.90 Å². The summed E-state index contributed by atoms with van der Waals surface area (Å²) in [7, 11) is 0. The fourth-order valence-corrected chi connectivity index (χ4v) is 2.92. The van der Waals surface area contributed by atoms with Gasteiger partial charge in [-0.1, -0.05) is 6.92 Å². The third-order valence-electron chi connectivity index (χ3n) is 4.12. The van der Waals surface area contributed by atoms with Crippen LogP contribution in [-0.2, 0) is 0 Å². The molecule has 1 aromatic carbocycles. The van der Waals surface area contributed by atoms with Gasteiger partial charge in [-0.25, -0.2) is 4.98 Å². The van der Waals surface area contributed by atoms with Crippen LogP contribution in [0.3, 0.4) is 0 Å². The Morgan fingerprint density at radius 1 is 1.43 bits per heavy atom. The van der Waals surface area contributed by atoms with Crippen LogP contribution in [0.5, 0.6) is 0 Å². The number of rotatable bonds is 2. The summed E-state index contributed by atoms with van der Waals surface area (Å²) in [5, 5.41) is 21.7. The Bertz CT molecular complexity index is 689. The zero-order chi connectivity index (χ0) is 15.0. The van der Waals surface area contributed by atoms with Gasteiger partial charge in [0.25, 0.3) is 5.69 Å². The standard InChI is InChI=1S/C15H17N3O3/c1-10-9-17(8-6-14(10)19)12-4-5-13(18(20)21)15-11(12)3-2-7-16-15/h2-5,7,10,14,19H,6,8-9H2,1H3. The van der Waals surface area contributed by atoms with Crippen molar-refractivity contribution in [1.29, 1.82) is 0 Å². The Hall–Kier alpha value is -2.21. The average Bonchev–Trinajstić information content (AvgIpc) is 2.49. The van der Waals surface area contributed by atoms with Crippen LogP contribution in [0, 0.1) is 16.0 Å². The highest BCUT2D eigenvalue weighted by Gasteiger charge is 2.26. The fourth-order valence-electron chi connectivity index (χ4n) is 2.92. The van der Waals surface area contributed by atoms with E-state index in [0.29, 0.717) is 11.9 Å². The molecule has 110 valence electrons. The largest absolute Gasteiger partial charge is 0.393 e. The number of nitro groups is 1. The van der Waals surface area contributed by atoms with Gasteiger partial charge in [0.05, 0.1) is 11.0 Å². The maximum Gasteiger partial charge on any atom is 0.295 e. The van der Waals surface area contributed by atoms with Crippen molar-refractivity contribution < 1.29 is 10.0 Å². The molecule has 0 aliphatic carbocycles. The first-order valence-electron chi connectivity index (χ1n) is 7.03. The lowest BCUT2D eigenvalue weighted by Crippen LogP contribution is -2.42. The molecule has 0 bridgehead atoms. The third kappa shape index (κ3) is 2.42. The summed E-state index contributed by atoms with van der Waals surface area (Å²) in [4.78, 5) is 17.1. The minimum Gasteiger partial charge on any atom is -0.393 e. The summed E-state index contributed by atoms with van der Waals surface area (Å²) in [6.45, 7) is 3.50. The molecule has 1 N–H and O–H groups in total. The highest BCUT2D eigenvalue weighted by Crippen LogP contribution is 2.34. The number of pyridine rings is 1. The molecular weight excluding hydrogens is 270 g/mol. The normalized spacial score (nSPS) is 22.5. The third-order valence-corrected chi connectivity index (χ3v) is 4.12. The molecule has 21 heavy (non-hydrogen) atoms. The van der Waals surface area contributed by atoms with Gasteiger partial charge in [0.2, 0.25) is 0 Å². The topological polar surface area (TPSA) is 79.5 Å². The van der Waals surface area contributed by atoms with Crippen molar-refractivity contribution >= 4 is 22.3 Å². The Balaban J connectivity index is 2.08. The van der Waals surface area contributed by atoms with Crippen LogP contribution in [0.1, 0.15) is 13.3 Å². The lowest BCUT2D eigenvalue weighted by Gasteiger charge is -2.36. The molecular formula is C15H17N3O3. The average molecular weight is 287 g/mol. The molecule has 1 fully saturated rings. The Kier molecular flexibility index (Phi) is 3.47. The van der Waals surface area contributed by atoms with Crippen LogP contribution in [0.25, 0.3) is 10.9 Å². The van der Waals surface area contributed by atoms with Crippen LogP contribution in [-0.4, -0.2) is 34.2 Å². The van der Waals surface area contributed by atoms with Crippen molar-refractivity contribution in [1.82, 2.24) is 4.98 Å². The van der Waals surface area contributed by atoms with E-state index in [0.717, 1.165) is 24.2 Å². The predicted molar refractivity (Wildman–Crippen MR) is 80.4 cm³/mol. The van der Waals surface area contributed by atoms with Crippen molar-refractivity contribution in [3.8, 4) is 0 Å². The number of aliphatic hydroxyl groups is 1. The fraction of sp³-hybridized carbons (Fsp3) is 0.400. The van der Waals surface area contributed by atoms with Crippen LogP contribution >= 0.6 is 0 Å². The summed E-state index contributed by atoms with van der Waals surface area (Å²) in [5.74, 6) is 0.181. The first-order valence-corrected chi connectivity index (χ1v) is 7.03. The molecule has 1 aliphatic heterocycles. The molecule has 2 atom stereocenters. The Morgan fingerprint density at radius 3 is 2.95 bits per heavy atom. The molecule has 1 aromatic heterocycles. The number of nitrogens with zero attached hydrogens (tertiary/aromatic N) is 3. The monoisotopic (exact) mass is 287 g/mol. The lowest BCUT2D eigenvalue weighted by molar-refractivity contribution is -0.383. The summed E-state index contributed by atoms with van der Waals surface area (Å²) in [6, 6.07) is 6.95. The number of fused-ring (bicyclic) bond motifs is 1. The van der Waals surface area contributed by atoms with Gasteiger partial charge in [-0.2, -0.15) is 0 Å². The second-order valence-corrected chi connectivity index (χ2v) is 5.54. The van der Waals surface area contributed by atoms with Gasteiger partial charge < -0.3 is 10.0 Å². The van der Waals surface area contributed by atoms with Crippen molar-refractivity contribution in [3.63, 3.8) is 0 Å². The minimum atomic E-state index is -0.401. The van der Waals surface area contributed by atoms with E-state index < -0.39 is 4.92 Å². The maximum absolute atomic E-state index is 11.1. The Morgan fingerprint density at radius 2 is 2.24 bits per heavy atom. The molecule has 0 spiro atoms. The Labute approximate surface area is 122 Å². The number of hydrogen-bond donors (Lipinski definition) is 1. The number of hydrogen-bond acceptors (Lipinski definition) is 5. The predicted octanol–water partition coefficient (Wildman–Crippen LogP) is 2.35. The first kappa shape index (κ1) is 13.8. The number of anilines is 1. The zero-order valence-corrected chi connectivity index (χ0v) is 11.8. The molecule has 1 aliphatic rings. The molecule has 0 radical (unpaired) electrons. The van der Waals surface area contributed by atoms with E-state index >= 15 is 0 Å². The number of aromatic nitrogens is 1. The number of piperidine rings is 1.